The lowest BCUT2D eigenvalue weighted by molar-refractivity contribution is 0.461. The second-order valence-electron chi connectivity index (χ2n) is 3.31. The first-order valence-corrected chi connectivity index (χ1v) is 4.78. The van der Waals surface area contributed by atoms with Gasteiger partial charge in [0, 0.05) is 6.20 Å². The summed E-state index contributed by atoms with van der Waals surface area (Å²) in [5.41, 5.74) is 1.36. The van der Waals surface area contributed by atoms with Crippen LogP contribution in [0.4, 0.5) is 0 Å². The first kappa shape index (κ1) is 8.14. The average molecular weight is 185 g/mol. The first-order chi connectivity index (χ1) is 5.86. The van der Waals surface area contributed by atoms with Gasteiger partial charge in [-0.2, -0.15) is 0 Å². The van der Waals surface area contributed by atoms with Crippen LogP contribution in [0.5, 0.6) is 0 Å². The molecular formula is C9H13ClN2. The molecule has 0 aromatic carbocycles. The van der Waals surface area contributed by atoms with E-state index in [1.165, 1.54) is 18.4 Å². The highest BCUT2D eigenvalue weighted by Crippen LogP contribution is 2.26. The van der Waals surface area contributed by atoms with Crippen LogP contribution in [0.3, 0.4) is 0 Å². The van der Waals surface area contributed by atoms with Crippen LogP contribution in [0.25, 0.3) is 0 Å². The number of nitrogens with one attached hydrogen (secondary N) is 2. The molecular weight excluding hydrogens is 172 g/mol. The Hall–Kier alpha value is -0.470. The molecule has 0 amide bonds. The highest BCUT2D eigenvalue weighted by atomic mass is 35.5. The van der Waals surface area contributed by atoms with Crippen molar-refractivity contribution >= 4 is 11.6 Å². The molecule has 0 saturated carbocycles. The predicted molar refractivity (Wildman–Crippen MR) is 50.6 cm³/mol. The summed E-state index contributed by atoms with van der Waals surface area (Å²) in [6.07, 6.45) is 4.49. The van der Waals surface area contributed by atoms with Crippen molar-refractivity contribution in [1.82, 2.24) is 10.3 Å². The van der Waals surface area contributed by atoms with Crippen LogP contribution in [-0.4, -0.2) is 18.1 Å². The van der Waals surface area contributed by atoms with Crippen molar-refractivity contribution in [2.75, 3.05) is 13.1 Å². The van der Waals surface area contributed by atoms with Crippen LogP contribution in [0.1, 0.15) is 24.3 Å². The fourth-order valence-corrected chi connectivity index (χ4v) is 1.95. The van der Waals surface area contributed by atoms with Gasteiger partial charge in [-0.15, -0.1) is 0 Å². The van der Waals surface area contributed by atoms with E-state index < -0.39 is 0 Å². The van der Waals surface area contributed by atoms with Crippen LogP contribution in [0.2, 0.25) is 5.15 Å². The maximum atomic E-state index is 5.81. The highest BCUT2D eigenvalue weighted by molar-refractivity contribution is 6.29. The van der Waals surface area contributed by atoms with E-state index in [4.69, 9.17) is 11.6 Å². The molecule has 2 nitrogen and oxygen atoms in total. The standard InChI is InChI=1S/C9H13ClN2/c10-9-5-8(6-12-9)7-1-3-11-4-2-7/h5-7,11-12H,1-4H2. The molecule has 1 aliphatic heterocycles. The van der Waals surface area contributed by atoms with Gasteiger partial charge in [-0.3, -0.25) is 0 Å². The van der Waals surface area contributed by atoms with Crippen LogP contribution in [0.15, 0.2) is 12.3 Å². The minimum Gasteiger partial charge on any atom is -0.352 e. The fourth-order valence-electron chi connectivity index (χ4n) is 1.77. The lowest BCUT2D eigenvalue weighted by Crippen LogP contribution is -2.26. The smallest absolute Gasteiger partial charge is 0.106 e. The average Bonchev–Trinajstić information content (AvgIpc) is 2.54. The number of aromatic nitrogens is 1. The van der Waals surface area contributed by atoms with Crippen LogP contribution in [0, 0.1) is 0 Å². The number of rotatable bonds is 1. The minimum absolute atomic E-state index is 0.704. The Balaban J connectivity index is 2.08. The van der Waals surface area contributed by atoms with Gasteiger partial charge in [0.25, 0.3) is 0 Å². The van der Waals surface area contributed by atoms with E-state index in [2.05, 4.69) is 10.3 Å². The molecule has 2 rings (SSSR count). The second kappa shape index (κ2) is 3.50. The molecule has 12 heavy (non-hydrogen) atoms. The summed E-state index contributed by atoms with van der Waals surface area (Å²) < 4.78 is 0. The van der Waals surface area contributed by atoms with E-state index in [1.54, 1.807) is 0 Å². The number of piperidine rings is 1. The van der Waals surface area contributed by atoms with E-state index in [0.717, 1.165) is 18.2 Å². The molecule has 0 spiro atoms. The third-order valence-electron chi connectivity index (χ3n) is 2.48. The molecule has 1 saturated heterocycles. The second-order valence-corrected chi connectivity index (χ2v) is 3.71. The molecule has 0 aliphatic carbocycles. The lowest BCUT2D eigenvalue weighted by Gasteiger charge is -2.21. The minimum atomic E-state index is 0.704. The van der Waals surface area contributed by atoms with Gasteiger partial charge in [0.05, 0.1) is 0 Å². The number of hydrogen-bond acceptors (Lipinski definition) is 1. The van der Waals surface area contributed by atoms with E-state index in [-0.39, 0.29) is 0 Å². The summed E-state index contributed by atoms with van der Waals surface area (Å²) in [4.78, 5) is 3.01. The van der Waals surface area contributed by atoms with E-state index in [0.29, 0.717) is 5.92 Å². The van der Waals surface area contributed by atoms with Gasteiger partial charge in [-0.1, -0.05) is 11.6 Å². The Morgan fingerprint density at radius 1 is 1.33 bits per heavy atom. The quantitative estimate of drug-likeness (QED) is 0.688. The van der Waals surface area contributed by atoms with Crippen molar-refractivity contribution in [3.8, 4) is 0 Å². The van der Waals surface area contributed by atoms with E-state index >= 15 is 0 Å². The zero-order valence-corrected chi connectivity index (χ0v) is 7.69. The molecule has 0 radical (unpaired) electrons. The van der Waals surface area contributed by atoms with Crippen molar-refractivity contribution in [3.63, 3.8) is 0 Å². The zero-order chi connectivity index (χ0) is 8.39. The number of aromatic amines is 1. The molecule has 0 bridgehead atoms. The molecule has 2 heterocycles. The van der Waals surface area contributed by atoms with Crippen molar-refractivity contribution in [2.45, 2.75) is 18.8 Å². The maximum absolute atomic E-state index is 5.81. The Labute approximate surface area is 77.3 Å². The number of H-pyrrole nitrogens is 1. The van der Waals surface area contributed by atoms with Gasteiger partial charge in [-0.05, 0) is 43.5 Å². The summed E-state index contributed by atoms with van der Waals surface area (Å²) in [7, 11) is 0. The first-order valence-electron chi connectivity index (χ1n) is 4.41. The zero-order valence-electron chi connectivity index (χ0n) is 6.94. The molecule has 66 valence electrons. The Morgan fingerprint density at radius 3 is 2.67 bits per heavy atom. The van der Waals surface area contributed by atoms with Crippen LogP contribution >= 0.6 is 11.6 Å². The van der Waals surface area contributed by atoms with Crippen LogP contribution in [-0.2, 0) is 0 Å². The summed E-state index contributed by atoms with van der Waals surface area (Å²) in [6, 6.07) is 2.04. The largest absolute Gasteiger partial charge is 0.352 e. The van der Waals surface area contributed by atoms with Crippen molar-refractivity contribution in [3.05, 3.63) is 23.0 Å². The lowest BCUT2D eigenvalue weighted by atomic mass is 9.92. The van der Waals surface area contributed by atoms with Gasteiger partial charge >= 0.3 is 0 Å². The Bertz CT molecular complexity index is 251. The monoisotopic (exact) mass is 184 g/mol. The Morgan fingerprint density at radius 2 is 2.08 bits per heavy atom. The summed E-state index contributed by atoms with van der Waals surface area (Å²) >= 11 is 5.81. The molecule has 3 heteroatoms. The maximum Gasteiger partial charge on any atom is 0.106 e. The van der Waals surface area contributed by atoms with Crippen molar-refractivity contribution in [2.24, 2.45) is 0 Å². The van der Waals surface area contributed by atoms with E-state index in [1.807, 2.05) is 12.3 Å². The van der Waals surface area contributed by atoms with Gasteiger partial charge in [0.15, 0.2) is 0 Å². The van der Waals surface area contributed by atoms with Gasteiger partial charge in [0.2, 0.25) is 0 Å². The van der Waals surface area contributed by atoms with Crippen molar-refractivity contribution in [1.29, 1.82) is 0 Å². The predicted octanol–water partition coefficient (Wildman–Crippen LogP) is 2.14. The molecule has 1 aromatic heterocycles. The number of halogens is 1. The fraction of sp³-hybridized carbons (Fsp3) is 0.556. The summed E-state index contributed by atoms with van der Waals surface area (Å²) in [6.45, 7) is 2.26. The summed E-state index contributed by atoms with van der Waals surface area (Å²) in [5.74, 6) is 0.704. The van der Waals surface area contributed by atoms with Crippen LogP contribution < -0.4 is 5.32 Å². The third-order valence-corrected chi connectivity index (χ3v) is 2.70. The topological polar surface area (TPSA) is 27.8 Å². The molecule has 1 aromatic rings. The molecule has 1 fully saturated rings. The molecule has 0 unspecified atom stereocenters. The molecule has 0 atom stereocenters. The summed E-state index contributed by atoms with van der Waals surface area (Å²) in [5, 5.41) is 4.10. The molecule has 1 aliphatic rings. The normalized spacial score (nSPS) is 19.8. The van der Waals surface area contributed by atoms with Gasteiger partial charge < -0.3 is 10.3 Å². The molecule has 2 N–H and O–H groups in total. The van der Waals surface area contributed by atoms with Gasteiger partial charge in [0.1, 0.15) is 5.15 Å². The SMILES string of the molecule is Clc1cc(C2CCNCC2)c[nH]1. The van der Waals surface area contributed by atoms with Gasteiger partial charge in [-0.25, -0.2) is 0 Å². The Kier molecular flexibility index (Phi) is 2.38. The third kappa shape index (κ3) is 1.65. The highest BCUT2D eigenvalue weighted by Gasteiger charge is 2.15. The van der Waals surface area contributed by atoms with Crippen molar-refractivity contribution < 1.29 is 0 Å². The number of hydrogen-bond donors (Lipinski definition) is 2. The van der Waals surface area contributed by atoms with E-state index in [9.17, 15) is 0 Å².